The Hall–Kier alpha value is -1.26. The minimum Gasteiger partial charge on any atom is -0.481 e. The molecular weight excluding hydrogens is 256 g/mol. The first-order valence-corrected chi connectivity index (χ1v) is 7.43. The third kappa shape index (κ3) is 9.64. The maximum absolute atomic E-state index is 11.9. The van der Waals surface area contributed by atoms with E-state index in [-0.39, 0.29) is 18.4 Å². The first kappa shape index (κ1) is 18.7. The van der Waals surface area contributed by atoms with E-state index < -0.39 is 5.97 Å². The van der Waals surface area contributed by atoms with Gasteiger partial charge in [-0.05, 0) is 30.6 Å². The quantitative estimate of drug-likeness (QED) is 0.684. The summed E-state index contributed by atoms with van der Waals surface area (Å²) in [6, 6.07) is -0.121. The number of hydrogen-bond donors (Lipinski definition) is 2. The SMILES string of the molecule is CC(C)CCN(C)C(=O)NC[C@H](CC(=O)O)CC(C)C. The highest BCUT2D eigenvalue weighted by Gasteiger charge is 2.17. The molecule has 0 radical (unpaired) electrons. The number of aliphatic carboxylic acids is 1. The van der Waals surface area contributed by atoms with Crippen molar-refractivity contribution in [3.8, 4) is 0 Å². The molecule has 0 unspecified atom stereocenters. The zero-order valence-electron chi connectivity index (χ0n) is 13.5. The van der Waals surface area contributed by atoms with Crippen LogP contribution in [0.4, 0.5) is 4.79 Å². The Balaban J connectivity index is 4.17. The lowest BCUT2D eigenvalue weighted by Crippen LogP contribution is -2.40. The molecule has 0 saturated heterocycles. The van der Waals surface area contributed by atoms with Crippen LogP contribution < -0.4 is 5.32 Å². The van der Waals surface area contributed by atoms with Crippen molar-refractivity contribution in [2.45, 2.75) is 47.0 Å². The summed E-state index contributed by atoms with van der Waals surface area (Å²) in [7, 11) is 1.77. The zero-order chi connectivity index (χ0) is 15.7. The van der Waals surface area contributed by atoms with E-state index in [9.17, 15) is 9.59 Å². The van der Waals surface area contributed by atoms with Crippen molar-refractivity contribution in [3.05, 3.63) is 0 Å². The van der Waals surface area contributed by atoms with Crippen LogP contribution in [0.5, 0.6) is 0 Å². The standard InChI is InChI=1S/C15H30N2O3/c1-11(2)6-7-17(5)15(20)16-10-13(8-12(3)4)9-14(18)19/h11-13H,6-10H2,1-5H3,(H,16,20)(H,18,19)/t13-/m0/s1. The van der Waals surface area contributed by atoms with Gasteiger partial charge in [-0.15, -0.1) is 0 Å². The van der Waals surface area contributed by atoms with Gasteiger partial charge in [0.1, 0.15) is 0 Å². The van der Waals surface area contributed by atoms with Gasteiger partial charge >= 0.3 is 12.0 Å². The Morgan fingerprint density at radius 1 is 1.15 bits per heavy atom. The lowest BCUT2D eigenvalue weighted by atomic mass is 9.94. The Morgan fingerprint density at radius 2 is 1.75 bits per heavy atom. The van der Waals surface area contributed by atoms with Crippen LogP contribution in [0.1, 0.15) is 47.0 Å². The molecule has 0 aromatic heterocycles. The molecule has 2 N–H and O–H groups in total. The van der Waals surface area contributed by atoms with Crippen molar-refractivity contribution in [1.82, 2.24) is 10.2 Å². The summed E-state index contributed by atoms with van der Waals surface area (Å²) in [6.07, 6.45) is 1.88. The second-order valence-corrected chi connectivity index (χ2v) is 6.38. The molecule has 0 rings (SSSR count). The highest BCUT2D eigenvalue weighted by molar-refractivity contribution is 5.74. The van der Waals surface area contributed by atoms with E-state index >= 15 is 0 Å². The maximum atomic E-state index is 11.9. The van der Waals surface area contributed by atoms with Gasteiger partial charge in [0, 0.05) is 26.6 Å². The molecule has 0 aromatic carbocycles. The van der Waals surface area contributed by atoms with Crippen LogP contribution in [0.2, 0.25) is 0 Å². The lowest BCUT2D eigenvalue weighted by molar-refractivity contribution is -0.138. The van der Waals surface area contributed by atoms with Crippen LogP contribution in [-0.2, 0) is 4.79 Å². The zero-order valence-corrected chi connectivity index (χ0v) is 13.5. The van der Waals surface area contributed by atoms with Gasteiger partial charge in [0.2, 0.25) is 0 Å². The van der Waals surface area contributed by atoms with Gasteiger partial charge in [-0.25, -0.2) is 4.79 Å². The van der Waals surface area contributed by atoms with Crippen molar-refractivity contribution in [1.29, 1.82) is 0 Å². The van der Waals surface area contributed by atoms with Crippen LogP contribution in [0.15, 0.2) is 0 Å². The Labute approximate surface area is 122 Å². The van der Waals surface area contributed by atoms with Crippen molar-refractivity contribution < 1.29 is 14.7 Å². The van der Waals surface area contributed by atoms with Crippen molar-refractivity contribution >= 4 is 12.0 Å². The lowest BCUT2D eigenvalue weighted by Gasteiger charge is -2.22. The molecule has 5 heteroatoms. The molecule has 0 saturated carbocycles. The van der Waals surface area contributed by atoms with Crippen LogP contribution in [-0.4, -0.2) is 42.1 Å². The van der Waals surface area contributed by atoms with Crippen molar-refractivity contribution in [2.75, 3.05) is 20.1 Å². The molecule has 0 heterocycles. The van der Waals surface area contributed by atoms with E-state index in [1.54, 1.807) is 11.9 Å². The first-order chi connectivity index (χ1) is 9.22. The van der Waals surface area contributed by atoms with Crippen LogP contribution in [0, 0.1) is 17.8 Å². The van der Waals surface area contributed by atoms with Gasteiger partial charge in [0.15, 0.2) is 0 Å². The van der Waals surface area contributed by atoms with Gasteiger partial charge in [0.25, 0.3) is 0 Å². The molecule has 0 aliphatic carbocycles. The number of amides is 2. The fraction of sp³-hybridized carbons (Fsp3) is 0.867. The highest BCUT2D eigenvalue weighted by Crippen LogP contribution is 2.14. The maximum Gasteiger partial charge on any atom is 0.317 e. The van der Waals surface area contributed by atoms with Crippen molar-refractivity contribution in [2.24, 2.45) is 17.8 Å². The Bertz CT molecular complexity index is 303. The van der Waals surface area contributed by atoms with E-state index in [0.717, 1.165) is 19.4 Å². The fourth-order valence-electron chi connectivity index (χ4n) is 2.07. The van der Waals surface area contributed by atoms with E-state index in [4.69, 9.17) is 5.11 Å². The van der Waals surface area contributed by atoms with Gasteiger partial charge in [-0.1, -0.05) is 27.7 Å². The first-order valence-electron chi connectivity index (χ1n) is 7.43. The summed E-state index contributed by atoms with van der Waals surface area (Å²) in [6.45, 7) is 9.51. The van der Waals surface area contributed by atoms with E-state index in [1.807, 2.05) is 0 Å². The van der Waals surface area contributed by atoms with E-state index in [1.165, 1.54) is 0 Å². The minimum absolute atomic E-state index is 0.00468. The van der Waals surface area contributed by atoms with Crippen LogP contribution in [0.25, 0.3) is 0 Å². The number of nitrogens with zero attached hydrogens (tertiary/aromatic N) is 1. The second kappa shape index (κ2) is 9.61. The monoisotopic (exact) mass is 286 g/mol. The molecule has 0 aliphatic rings. The molecule has 2 amide bonds. The number of hydrogen-bond acceptors (Lipinski definition) is 2. The molecule has 0 bridgehead atoms. The van der Waals surface area contributed by atoms with Crippen molar-refractivity contribution in [3.63, 3.8) is 0 Å². The third-order valence-electron chi connectivity index (χ3n) is 3.20. The normalized spacial score (nSPS) is 12.6. The molecule has 1 atom stereocenters. The van der Waals surface area contributed by atoms with Crippen LogP contribution in [0.3, 0.4) is 0 Å². The Kier molecular flexibility index (Phi) is 9.01. The largest absolute Gasteiger partial charge is 0.481 e. The van der Waals surface area contributed by atoms with E-state index in [2.05, 4.69) is 33.0 Å². The molecule has 20 heavy (non-hydrogen) atoms. The molecule has 5 nitrogen and oxygen atoms in total. The van der Waals surface area contributed by atoms with Crippen LogP contribution >= 0.6 is 0 Å². The summed E-state index contributed by atoms with van der Waals surface area (Å²) in [5, 5.41) is 11.7. The summed E-state index contributed by atoms with van der Waals surface area (Å²) in [4.78, 5) is 24.4. The number of carbonyl (C=O) groups excluding carboxylic acids is 1. The Morgan fingerprint density at radius 3 is 2.20 bits per heavy atom. The summed E-state index contributed by atoms with van der Waals surface area (Å²) in [5.74, 6) is 0.175. The smallest absolute Gasteiger partial charge is 0.317 e. The number of nitrogens with one attached hydrogen (secondary N) is 1. The average molecular weight is 286 g/mol. The van der Waals surface area contributed by atoms with Gasteiger partial charge < -0.3 is 15.3 Å². The van der Waals surface area contributed by atoms with E-state index in [0.29, 0.717) is 18.4 Å². The predicted octanol–water partition coefficient (Wildman–Crippen LogP) is 2.81. The fourth-order valence-corrected chi connectivity index (χ4v) is 2.07. The topological polar surface area (TPSA) is 69.6 Å². The van der Waals surface area contributed by atoms with Gasteiger partial charge in [-0.2, -0.15) is 0 Å². The molecule has 0 aliphatic heterocycles. The predicted molar refractivity (Wildman–Crippen MR) is 80.7 cm³/mol. The third-order valence-corrected chi connectivity index (χ3v) is 3.20. The second-order valence-electron chi connectivity index (χ2n) is 6.38. The molecular formula is C15H30N2O3. The molecule has 118 valence electrons. The van der Waals surface area contributed by atoms with Gasteiger partial charge in [0.05, 0.1) is 0 Å². The number of carbonyl (C=O) groups is 2. The number of urea groups is 1. The summed E-state index contributed by atoms with van der Waals surface area (Å²) in [5.41, 5.74) is 0. The molecule has 0 fully saturated rings. The summed E-state index contributed by atoms with van der Waals surface area (Å²) >= 11 is 0. The average Bonchev–Trinajstić information content (AvgIpc) is 2.31. The molecule has 0 spiro atoms. The summed E-state index contributed by atoms with van der Waals surface area (Å²) < 4.78 is 0. The minimum atomic E-state index is -0.807. The van der Waals surface area contributed by atoms with Gasteiger partial charge in [-0.3, -0.25) is 4.79 Å². The highest BCUT2D eigenvalue weighted by atomic mass is 16.4. The number of carboxylic acids is 1. The number of rotatable bonds is 9. The molecule has 0 aromatic rings. The number of carboxylic acid groups (broad SMARTS) is 1.